The molecule has 0 unspecified atom stereocenters. The predicted molar refractivity (Wildman–Crippen MR) is 127 cm³/mol. The fraction of sp³-hybridized carbons (Fsp3) is 0.417. The van der Waals surface area contributed by atoms with Gasteiger partial charge in [-0.1, -0.05) is 6.07 Å². The van der Waals surface area contributed by atoms with Crippen molar-refractivity contribution in [2.45, 2.75) is 31.9 Å². The smallest absolute Gasteiger partial charge is 0.337 e. The number of aryl methyl sites for hydroxylation is 1. The Labute approximate surface area is 220 Å². The van der Waals surface area contributed by atoms with Gasteiger partial charge in [0.1, 0.15) is 5.82 Å². The molecule has 210 valence electrons. The number of carbonyl (C=O) groups excluding carboxylic acids is 2. The zero-order valence-corrected chi connectivity index (χ0v) is 21.2. The molecule has 1 heterocycles. The lowest BCUT2D eigenvalue weighted by atomic mass is 9.97. The fourth-order valence-corrected chi connectivity index (χ4v) is 4.32. The normalized spacial score (nSPS) is 16.2. The van der Waals surface area contributed by atoms with Crippen LogP contribution >= 0.6 is 12.4 Å². The van der Waals surface area contributed by atoms with Crippen molar-refractivity contribution in [3.63, 3.8) is 0 Å². The first kappa shape index (κ1) is 31.2. The molecule has 14 heteroatoms. The van der Waals surface area contributed by atoms with Crippen LogP contribution in [-0.4, -0.2) is 59.9 Å². The Morgan fingerprint density at radius 2 is 1.58 bits per heavy atom. The molecule has 3 amide bonds. The van der Waals surface area contributed by atoms with Crippen LogP contribution in [0.3, 0.4) is 0 Å². The number of carbonyl (C=O) groups is 2. The molecule has 3 rings (SSSR count). The van der Waals surface area contributed by atoms with E-state index in [0.29, 0.717) is 23.3 Å². The topological polar surface area (TPSA) is 69.9 Å². The molecule has 0 radical (unpaired) electrons. The number of nitrogens with two attached hydrogens (primary N) is 1. The van der Waals surface area contributed by atoms with Gasteiger partial charge in [-0.15, -0.1) is 12.4 Å². The van der Waals surface area contributed by atoms with Crippen molar-refractivity contribution >= 4 is 24.3 Å². The van der Waals surface area contributed by atoms with Crippen LogP contribution in [-0.2, 0) is 23.7 Å². The van der Waals surface area contributed by atoms with Gasteiger partial charge in [0.25, 0.3) is 0 Å². The predicted octanol–water partition coefficient (Wildman–Crippen LogP) is 4.99. The van der Waals surface area contributed by atoms with Crippen molar-refractivity contribution in [1.82, 2.24) is 14.7 Å². The third-order valence-corrected chi connectivity index (χ3v) is 6.14. The Balaban J connectivity index is 0.00000507. The van der Waals surface area contributed by atoms with Crippen molar-refractivity contribution in [1.29, 1.82) is 0 Å². The molecule has 2 aromatic carbocycles. The molecule has 0 bridgehead atoms. The number of alkyl halides is 6. The van der Waals surface area contributed by atoms with E-state index in [0.717, 1.165) is 4.90 Å². The van der Waals surface area contributed by atoms with Crippen molar-refractivity contribution < 1.29 is 40.3 Å². The van der Waals surface area contributed by atoms with E-state index in [1.807, 2.05) is 0 Å². The summed E-state index contributed by atoms with van der Waals surface area (Å²) in [7, 11) is 1.25. The van der Waals surface area contributed by atoms with Crippen LogP contribution in [0.5, 0.6) is 0 Å². The molecule has 1 fully saturated rings. The summed E-state index contributed by atoms with van der Waals surface area (Å²) in [5, 5.41) is 0. The van der Waals surface area contributed by atoms with Gasteiger partial charge in [-0.25, -0.2) is 9.18 Å². The monoisotopic (exact) mass is 570 g/mol. The van der Waals surface area contributed by atoms with E-state index in [-0.39, 0.29) is 56.1 Å². The highest BCUT2D eigenvalue weighted by Gasteiger charge is 2.38. The second kappa shape index (κ2) is 11.8. The molecule has 1 saturated heterocycles. The maximum atomic E-state index is 13.7. The minimum atomic E-state index is -5.02. The fourth-order valence-electron chi connectivity index (χ4n) is 4.32. The Morgan fingerprint density at radius 1 is 1.00 bits per heavy atom. The maximum Gasteiger partial charge on any atom is 0.416 e. The summed E-state index contributed by atoms with van der Waals surface area (Å²) >= 11 is 0. The summed E-state index contributed by atoms with van der Waals surface area (Å²) in [6.07, 6.45) is -10.0. The summed E-state index contributed by atoms with van der Waals surface area (Å²) in [5.74, 6) is -0.874. The van der Waals surface area contributed by atoms with Gasteiger partial charge >= 0.3 is 18.4 Å². The second-order valence-electron chi connectivity index (χ2n) is 8.81. The minimum absolute atomic E-state index is 0. The van der Waals surface area contributed by atoms with Crippen LogP contribution in [0, 0.1) is 12.7 Å². The van der Waals surface area contributed by atoms with Crippen molar-refractivity contribution in [2.75, 3.05) is 33.2 Å². The van der Waals surface area contributed by atoms with Gasteiger partial charge in [0.05, 0.1) is 23.7 Å². The van der Waals surface area contributed by atoms with Crippen LogP contribution in [0.4, 0.5) is 35.5 Å². The number of urea groups is 1. The van der Waals surface area contributed by atoms with Gasteiger partial charge in [0, 0.05) is 33.2 Å². The van der Waals surface area contributed by atoms with Gasteiger partial charge in [0.15, 0.2) is 0 Å². The lowest BCUT2D eigenvalue weighted by Crippen LogP contribution is -2.55. The molecular formula is C24H26ClF7N4O2. The third-order valence-electron chi connectivity index (χ3n) is 6.14. The summed E-state index contributed by atoms with van der Waals surface area (Å²) in [6, 6.07) is 3.65. The van der Waals surface area contributed by atoms with E-state index in [2.05, 4.69) is 0 Å². The quantitative estimate of drug-likeness (QED) is 0.527. The van der Waals surface area contributed by atoms with Crippen molar-refractivity contribution in [3.8, 4) is 0 Å². The molecule has 0 aromatic heterocycles. The van der Waals surface area contributed by atoms with E-state index in [1.165, 1.54) is 35.0 Å². The average Bonchev–Trinajstić information content (AvgIpc) is 2.81. The number of halogens is 8. The molecule has 2 N–H and O–H groups in total. The largest absolute Gasteiger partial charge is 0.416 e. The summed E-state index contributed by atoms with van der Waals surface area (Å²) in [4.78, 5) is 29.4. The van der Waals surface area contributed by atoms with Crippen LogP contribution in [0.25, 0.3) is 0 Å². The van der Waals surface area contributed by atoms with Crippen LogP contribution in [0.2, 0.25) is 0 Å². The average molecular weight is 571 g/mol. The van der Waals surface area contributed by atoms with Crippen LogP contribution in [0.1, 0.15) is 33.9 Å². The lowest BCUT2D eigenvalue weighted by molar-refractivity contribution is -0.143. The van der Waals surface area contributed by atoms with Gasteiger partial charge in [0.2, 0.25) is 5.91 Å². The molecule has 1 atom stereocenters. The molecule has 2 aromatic rings. The molecule has 38 heavy (non-hydrogen) atoms. The van der Waals surface area contributed by atoms with Crippen molar-refractivity contribution in [3.05, 3.63) is 70.0 Å². The highest BCUT2D eigenvalue weighted by Crippen LogP contribution is 2.37. The molecule has 0 saturated carbocycles. The molecule has 1 aliphatic rings. The van der Waals surface area contributed by atoms with E-state index < -0.39 is 47.9 Å². The van der Waals surface area contributed by atoms with Gasteiger partial charge in [-0.3, -0.25) is 4.79 Å². The number of benzene rings is 2. The Bertz CT molecular complexity index is 1140. The zero-order chi connectivity index (χ0) is 27.7. The zero-order valence-electron chi connectivity index (χ0n) is 20.4. The van der Waals surface area contributed by atoms with E-state index >= 15 is 0 Å². The Morgan fingerprint density at radius 3 is 2.08 bits per heavy atom. The number of hydrogen-bond donors (Lipinski definition) is 1. The molecular weight excluding hydrogens is 545 g/mol. The van der Waals surface area contributed by atoms with E-state index in [9.17, 15) is 40.3 Å². The summed E-state index contributed by atoms with van der Waals surface area (Å²) in [6.45, 7) is 0.990. The number of rotatable bonds is 4. The first-order chi connectivity index (χ1) is 17.1. The molecule has 1 aliphatic heterocycles. The lowest BCUT2D eigenvalue weighted by Gasteiger charge is -2.43. The Kier molecular flexibility index (Phi) is 9.65. The standard InChI is InChI=1S/C24H25F7N4O2.ClH/c1-14-7-18(25)3-4-19(14)20-13-34(21(36)11-32)5-6-35(20)22(37)33(2)12-15-8-16(23(26,27)28)10-17(9-15)24(29,30)31;/h3-4,7-10,20H,5-6,11-13,32H2,1-2H3;1H/t20-;/m0./s1. The maximum absolute atomic E-state index is 13.7. The SMILES string of the molecule is Cc1cc(F)ccc1[C@@H]1CN(C(=O)CN)CCN1C(=O)N(C)Cc1cc(C(F)(F)F)cc(C(F)(F)F)c1.Cl. The van der Waals surface area contributed by atoms with Gasteiger partial charge in [-0.2, -0.15) is 26.3 Å². The third kappa shape index (κ3) is 7.07. The summed E-state index contributed by atoms with van der Waals surface area (Å²) in [5.41, 5.74) is 3.18. The van der Waals surface area contributed by atoms with Crippen LogP contribution in [0.15, 0.2) is 36.4 Å². The van der Waals surface area contributed by atoms with E-state index in [4.69, 9.17) is 5.73 Å². The molecule has 6 nitrogen and oxygen atoms in total. The second-order valence-corrected chi connectivity index (χ2v) is 8.81. The number of nitrogens with zero attached hydrogens (tertiary/aromatic N) is 3. The highest BCUT2D eigenvalue weighted by molar-refractivity contribution is 5.85. The molecule has 0 aliphatic carbocycles. The van der Waals surface area contributed by atoms with Crippen molar-refractivity contribution in [2.24, 2.45) is 5.73 Å². The number of amides is 3. The highest BCUT2D eigenvalue weighted by atomic mass is 35.5. The van der Waals surface area contributed by atoms with Crippen LogP contribution < -0.4 is 5.73 Å². The number of piperazine rings is 1. The first-order valence-corrected chi connectivity index (χ1v) is 11.2. The summed E-state index contributed by atoms with van der Waals surface area (Å²) < 4.78 is 93.1. The number of hydrogen-bond acceptors (Lipinski definition) is 3. The Hall–Kier alpha value is -3.06. The first-order valence-electron chi connectivity index (χ1n) is 11.2. The minimum Gasteiger partial charge on any atom is -0.337 e. The van der Waals surface area contributed by atoms with Gasteiger partial charge in [-0.05, 0) is 53.9 Å². The van der Waals surface area contributed by atoms with Gasteiger partial charge < -0.3 is 20.4 Å². The van der Waals surface area contributed by atoms with E-state index in [1.54, 1.807) is 6.92 Å². The molecule has 0 spiro atoms.